The number of carbonyl (C=O) groups excluding carboxylic acids is 1. The van der Waals surface area contributed by atoms with Crippen molar-refractivity contribution >= 4 is 11.8 Å². The van der Waals surface area contributed by atoms with Gasteiger partial charge in [-0.3, -0.25) is 4.98 Å². The van der Waals surface area contributed by atoms with E-state index >= 15 is 0 Å². The van der Waals surface area contributed by atoms with Gasteiger partial charge in [-0.25, -0.2) is 9.78 Å². The van der Waals surface area contributed by atoms with E-state index in [4.69, 9.17) is 0 Å². The summed E-state index contributed by atoms with van der Waals surface area (Å²) in [5.41, 5.74) is 0.140. The number of anilines is 1. The number of nitrogens with zero attached hydrogens (tertiary/aromatic N) is 2. The standard InChI is InChI=1S/C12H19N3O3/c1-8(2)4-9(16)5-14-11-7-13-6-10(15-11)12(17)18-3/h6-9,16H,4-5H2,1-3H3,(H,14,15). The summed E-state index contributed by atoms with van der Waals surface area (Å²) in [5, 5.41) is 12.6. The van der Waals surface area contributed by atoms with Gasteiger partial charge in [-0.2, -0.15) is 0 Å². The van der Waals surface area contributed by atoms with Crippen LogP contribution in [0.2, 0.25) is 0 Å². The van der Waals surface area contributed by atoms with E-state index in [0.717, 1.165) is 0 Å². The number of nitrogens with one attached hydrogen (secondary N) is 1. The van der Waals surface area contributed by atoms with Gasteiger partial charge in [0.15, 0.2) is 5.69 Å². The van der Waals surface area contributed by atoms with E-state index in [1.807, 2.05) is 13.8 Å². The Kier molecular flexibility index (Phi) is 5.51. The number of aliphatic hydroxyl groups is 1. The number of rotatable bonds is 6. The van der Waals surface area contributed by atoms with Gasteiger partial charge >= 0.3 is 5.97 Å². The van der Waals surface area contributed by atoms with Crippen LogP contribution in [0.5, 0.6) is 0 Å². The van der Waals surface area contributed by atoms with E-state index in [1.165, 1.54) is 19.5 Å². The summed E-state index contributed by atoms with van der Waals surface area (Å²) in [7, 11) is 1.29. The predicted octanol–water partition coefficient (Wildman–Crippen LogP) is 1.08. The van der Waals surface area contributed by atoms with Crippen LogP contribution in [-0.4, -0.2) is 40.8 Å². The van der Waals surface area contributed by atoms with Crippen molar-refractivity contribution in [2.24, 2.45) is 5.92 Å². The second kappa shape index (κ2) is 6.90. The minimum Gasteiger partial charge on any atom is -0.464 e. The highest BCUT2D eigenvalue weighted by Gasteiger charge is 2.10. The lowest BCUT2D eigenvalue weighted by Gasteiger charge is -2.14. The Morgan fingerprint density at radius 1 is 1.50 bits per heavy atom. The van der Waals surface area contributed by atoms with Crippen molar-refractivity contribution in [1.82, 2.24) is 9.97 Å². The molecule has 1 aromatic heterocycles. The van der Waals surface area contributed by atoms with E-state index in [0.29, 0.717) is 24.7 Å². The first kappa shape index (κ1) is 14.4. The Bertz CT molecular complexity index is 396. The maximum absolute atomic E-state index is 11.2. The second-order valence-electron chi connectivity index (χ2n) is 4.45. The van der Waals surface area contributed by atoms with Gasteiger partial charge in [-0.05, 0) is 12.3 Å². The number of hydrogen-bond donors (Lipinski definition) is 2. The van der Waals surface area contributed by atoms with Crippen LogP contribution in [0.25, 0.3) is 0 Å². The van der Waals surface area contributed by atoms with E-state index in [1.54, 1.807) is 0 Å². The van der Waals surface area contributed by atoms with Crippen LogP contribution in [0.4, 0.5) is 5.82 Å². The second-order valence-corrected chi connectivity index (χ2v) is 4.45. The predicted molar refractivity (Wildman–Crippen MR) is 67.3 cm³/mol. The van der Waals surface area contributed by atoms with Gasteiger partial charge < -0.3 is 15.2 Å². The van der Waals surface area contributed by atoms with Crippen molar-refractivity contribution in [3.8, 4) is 0 Å². The quantitative estimate of drug-likeness (QED) is 0.738. The topological polar surface area (TPSA) is 84.3 Å². The fourth-order valence-corrected chi connectivity index (χ4v) is 1.50. The summed E-state index contributed by atoms with van der Waals surface area (Å²) in [6.07, 6.45) is 3.08. The number of aliphatic hydroxyl groups excluding tert-OH is 1. The van der Waals surface area contributed by atoms with Gasteiger partial charge in [0.05, 0.1) is 25.6 Å². The molecule has 0 radical (unpaired) electrons. The minimum atomic E-state index is -0.533. The molecule has 0 bridgehead atoms. The minimum absolute atomic E-state index is 0.140. The smallest absolute Gasteiger partial charge is 0.358 e. The van der Waals surface area contributed by atoms with Crippen molar-refractivity contribution in [3.05, 3.63) is 18.1 Å². The van der Waals surface area contributed by atoms with Gasteiger partial charge in [-0.15, -0.1) is 0 Å². The normalized spacial score (nSPS) is 12.3. The monoisotopic (exact) mass is 253 g/mol. The summed E-state index contributed by atoms with van der Waals surface area (Å²) in [4.78, 5) is 19.2. The molecule has 1 rings (SSSR count). The number of ether oxygens (including phenoxy) is 1. The van der Waals surface area contributed by atoms with Gasteiger partial charge in [-0.1, -0.05) is 13.8 Å². The van der Waals surface area contributed by atoms with Crippen LogP contribution >= 0.6 is 0 Å². The Morgan fingerprint density at radius 2 is 2.22 bits per heavy atom. The maximum atomic E-state index is 11.2. The molecule has 0 aliphatic rings. The average Bonchev–Trinajstić information content (AvgIpc) is 2.35. The molecule has 1 unspecified atom stereocenters. The summed E-state index contributed by atoms with van der Waals surface area (Å²) >= 11 is 0. The first-order valence-electron chi connectivity index (χ1n) is 5.85. The molecule has 0 amide bonds. The molecule has 1 aromatic rings. The Hall–Kier alpha value is -1.69. The zero-order valence-corrected chi connectivity index (χ0v) is 10.9. The van der Waals surface area contributed by atoms with E-state index in [2.05, 4.69) is 20.0 Å². The molecule has 1 atom stereocenters. The van der Waals surface area contributed by atoms with Crippen molar-refractivity contribution < 1.29 is 14.6 Å². The lowest BCUT2D eigenvalue weighted by molar-refractivity contribution is 0.0593. The van der Waals surface area contributed by atoms with Crippen LogP contribution in [0.3, 0.4) is 0 Å². The molecule has 0 aliphatic carbocycles. The van der Waals surface area contributed by atoms with Crippen molar-refractivity contribution in [1.29, 1.82) is 0 Å². The highest BCUT2D eigenvalue weighted by molar-refractivity contribution is 5.87. The fourth-order valence-electron chi connectivity index (χ4n) is 1.50. The summed E-state index contributed by atoms with van der Waals surface area (Å²) < 4.78 is 4.55. The van der Waals surface area contributed by atoms with Crippen LogP contribution in [0.15, 0.2) is 12.4 Å². The SMILES string of the molecule is COC(=O)c1cncc(NCC(O)CC(C)C)n1. The van der Waals surface area contributed by atoms with Gasteiger partial charge in [0.25, 0.3) is 0 Å². The zero-order valence-electron chi connectivity index (χ0n) is 10.9. The van der Waals surface area contributed by atoms with Crippen LogP contribution in [0.1, 0.15) is 30.8 Å². The first-order valence-corrected chi connectivity index (χ1v) is 5.85. The van der Waals surface area contributed by atoms with Crippen LogP contribution in [-0.2, 0) is 4.74 Å². The highest BCUT2D eigenvalue weighted by Crippen LogP contribution is 2.07. The van der Waals surface area contributed by atoms with E-state index < -0.39 is 12.1 Å². The summed E-state index contributed by atoms with van der Waals surface area (Å²) in [6, 6.07) is 0. The number of hydrogen-bond acceptors (Lipinski definition) is 6. The van der Waals surface area contributed by atoms with E-state index in [9.17, 15) is 9.90 Å². The molecule has 0 spiro atoms. The van der Waals surface area contributed by atoms with Crippen LogP contribution in [0, 0.1) is 5.92 Å². The molecular formula is C12H19N3O3. The van der Waals surface area contributed by atoms with Crippen molar-refractivity contribution in [2.45, 2.75) is 26.4 Å². The average molecular weight is 253 g/mol. The van der Waals surface area contributed by atoms with Crippen molar-refractivity contribution in [2.75, 3.05) is 19.0 Å². The third-order valence-corrected chi connectivity index (χ3v) is 2.29. The number of esters is 1. The third-order valence-electron chi connectivity index (χ3n) is 2.29. The lowest BCUT2D eigenvalue weighted by atomic mass is 10.1. The maximum Gasteiger partial charge on any atom is 0.358 e. The van der Waals surface area contributed by atoms with Crippen LogP contribution < -0.4 is 5.32 Å². The molecule has 0 saturated heterocycles. The largest absolute Gasteiger partial charge is 0.464 e. The number of aromatic nitrogens is 2. The van der Waals surface area contributed by atoms with Gasteiger partial charge in [0.1, 0.15) is 5.82 Å². The molecule has 2 N–H and O–H groups in total. The molecule has 0 aliphatic heterocycles. The molecule has 0 saturated carbocycles. The molecule has 6 nitrogen and oxygen atoms in total. The lowest BCUT2D eigenvalue weighted by Crippen LogP contribution is -2.22. The Balaban J connectivity index is 2.55. The molecule has 18 heavy (non-hydrogen) atoms. The Labute approximate surface area is 106 Å². The molecule has 6 heteroatoms. The summed E-state index contributed by atoms with van der Waals surface area (Å²) in [6.45, 7) is 4.46. The van der Waals surface area contributed by atoms with Crippen molar-refractivity contribution in [3.63, 3.8) is 0 Å². The summed E-state index contributed by atoms with van der Waals surface area (Å²) in [5.74, 6) is 0.337. The fraction of sp³-hybridized carbons (Fsp3) is 0.583. The molecule has 1 heterocycles. The van der Waals surface area contributed by atoms with Gasteiger partial charge in [0, 0.05) is 6.54 Å². The van der Waals surface area contributed by atoms with E-state index in [-0.39, 0.29) is 5.69 Å². The zero-order chi connectivity index (χ0) is 13.5. The molecule has 0 aromatic carbocycles. The Morgan fingerprint density at radius 3 is 2.83 bits per heavy atom. The third kappa shape index (κ3) is 4.67. The molecular weight excluding hydrogens is 234 g/mol. The number of methoxy groups -OCH3 is 1. The molecule has 0 fully saturated rings. The number of carbonyl (C=O) groups is 1. The first-order chi connectivity index (χ1) is 8.52. The molecule has 100 valence electrons. The highest BCUT2D eigenvalue weighted by atomic mass is 16.5. The van der Waals surface area contributed by atoms with Gasteiger partial charge in [0.2, 0.25) is 0 Å².